The van der Waals surface area contributed by atoms with Gasteiger partial charge in [0.2, 0.25) is 5.91 Å². The van der Waals surface area contributed by atoms with Crippen molar-refractivity contribution in [2.45, 2.75) is 26.2 Å². The summed E-state index contributed by atoms with van der Waals surface area (Å²) in [7, 11) is 0. The first-order valence-electron chi connectivity index (χ1n) is 7.99. The minimum Gasteiger partial charge on any atom is -0.355 e. The number of rotatable bonds is 7. The zero-order valence-corrected chi connectivity index (χ0v) is 14.3. The second kappa shape index (κ2) is 10.6. The molecule has 1 amide bonds. The predicted octanol–water partition coefficient (Wildman–Crippen LogP) is 1.76. The van der Waals surface area contributed by atoms with E-state index < -0.39 is 0 Å². The maximum Gasteiger partial charge on any atom is 0.220 e. The Labute approximate surface area is 140 Å². The van der Waals surface area contributed by atoms with Crippen molar-refractivity contribution in [2.75, 3.05) is 39.3 Å². The summed E-state index contributed by atoms with van der Waals surface area (Å²) in [6.07, 6.45) is 2.52. The van der Waals surface area contributed by atoms with Crippen LogP contribution in [0.25, 0.3) is 0 Å². The Morgan fingerprint density at radius 3 is 2.59 bits per heavy atom. The molecule has 1 fully saturated rings. The van der Waals surface area contributed by atoms with Gasteiger partial charge in [0.25, 0.3) is 0 Å². The zero-order valence-electron chi connectivity index (χ0n) is 13.4. The number of piperazine rings is 1. The lowest BCUT2D eigenvalue weighted by Crippen LogP contribution is -2.46. The number of nitrogens with zero attached hydrogens (tertiary/aromatic N) is 1. The van der Waals surface area contributed by atoms with Crippen molar-refractivity contribution in [1.29, 1.82) is 0 Å². The van der Waals surface area contributed by atoms with E-state index >= 15 is 0 Å². The molecular formula is C17H28ClN3O. The smallest absolute Gasteiger partial charge is 0.220 e. The molecule has 0 aromatic heterocycles. The highest BCUT2D eigenvalue weighted by Gasteiger charge is 2.09. The van der Waals surface area contributed by atoms with E-state index in [1.807, 2.05) is 0 Å². The fourth-order valence-corrected chi connectivity index (χ4v) is 2.58. The van der Waals surface area contributed by atoms with Gasteiger partial charge in [0.05, 0.1) is 0 Å². The first-order chi connectivity index (χ1) is 10.2. The molecule has 0 aliphatic carbocycles. The molecule has 1 saturated heterocycles. The highest BCUT2D eigenvalue weighted by atomic mass is 35.5. The van der Waals surface area contributed by atoms with E-state index in [-0.39, 0.29) is 18.3 Å². The lowest BCUT2D eigenvalue weighted by Gasteiger charge is -2.27. The Bertz CT molecular complexity index is 430. The van der Waals surface area contributed by atoms with Crippen LogP contribution in [0.5, 0.6) is 0 Å². The largest absolute Gasteiger partial charge is 0.355 e. The molecule has 1 aliphatic rings. The van der Waals surface area contributed by atoms with Gasteiger partial charge in [0, 0.05) is 45.7 Å². The molecular weight excluding hydrogens is 298 g/mol. The third-order valence-electron chi connectivity index (χ3n) is 3.95. The molecule has 0 spiro atoms. The normalized spacial score (nSPS) is 15.1. The Hall–Kier alpha value is -1.10. The second-order valence-electron chi connectivity index (χ2n) is 5.78. The molecule has 5 heteroatoms. The summed E-state index contributed by atoms with van der Waals surface area (Å²) in [5, 5.41) is 6.36. The van der Waals surface area contributed by atoms with Crippen molar-refractivity contribution in [1.82, 2.24) is 15.5 Å². The molecule has 2 N–H and O–H groups in total. The Balaban J connectivity index is 0.00000242. The van der Waals surface area contributed by atoms with Gasteiger partial charge < -0.3 is 10.6 Å². The monoisotopic (exact) mass is 325 g/mol. The number of benzene rings is 1. The molecule has 1 heterocycles. The number of aryl methyl sites for hydroxylation is 2. The summed E-state index contributed by atoms with van der Waals surface area (Å²) in [6, 6.07) is 8.56. The van der Waals surface area contributed by atoms with Crippen molar-refractivity contribution in [2.24, 2.45) is 0 Å². The van der Waals surface area contributed by atoms with Crippen LogP contribution in [0.3, 0.4) is 0 Å². The Morgan fingerprint density at radius 2 is 1.91 bits per heavy atom. The third kappa shape index (κ3) is 7.25. The van der Waals surface area contributed by atoms with Gasteiger partial charge in [-0.1, -0.05) is 29.8 Å². The first kappa shape index (κ1) is 18.9. The van der Waals surface area contributed by atoms with E-state index in [1.165, 1.54) is 11.1 Å². The van der Waals surface area contributed by atoms with Crippen LogP contribution in [0.1, 0.15) is 24.0 Å². The lowest BCUT2D eigenvalue weighted by molar-refractivity contribution is -0.121. The summed E-state index contributed by atoms with van der Waals surface area (Å²) in [6.45, 7) is 8.12. The van der Waals surface area contributed by atoms with Crippen LogP contribution in [0, 0.1) is 6.92 Å². The summed E-state index contributed by atoms with van der Waals surface area (Å²) in [5.74, 6) is 0.178. The molecule has 1 aromatic carbocycles. The van der Waals surface area contributed by atoms with Gasteiger partial charge in [0.15, 0.2) is 0 Å². The van der Waals surface area contributed by atoms with Gasteiger partial charge in [-0.05, 0) is 25.3 Å². The third-order valence-corrected chi connectivity index (χ3v) is 3.95. The number of amides is 1. The molecule has 0 radical (unpaired) electrons. The predicted molar refractivity (Wildman–Crippen MR) is 93.7 cm³/mol. The summed E-state index contributed by atoms with van der Waals surface area (Å²) >= 11 is 0. The molecule has 0 unspecified atom stereocenters. The molecule has 124 valence electrons. The quantitative estimate of drug-likeness (QED) is 0.803. The van der Waals surface area contributed by atoms with Gasteiger partial charge in [0.1, 0.15) is 0 Å². The number of carbonyl (C=O) groups is 1. The van der Waals surface area contributed by atoms with Gasteiger partial charge >= 0.3 is 0 Å². The van der Waals surface area contributed by atoms with E-state index in [9.17, 15) is 4.79 Å². The van der Waals surface area contributed by atoms with Gasteiger partial charge in [-0.2, -0.15) is 0 Å². The van der Waals surface area contributed by atoms with E-state index in [1.54, 1.807) is 0 Å². The maximum atomic E-state index is 11.8. The number of halogens is 1. The Morgan fingerprint density at radius 1 is 1.23 bits per heavy atom. The minimum atomic E-state index is 0. The minimum absolute atomic E-state index is 0. The molecule has 2 rings (SSSR count). The van der Waals surface area contributed by atoms with Crippen LogP contribution >= 0.6 is 12.4 Å². The average Bonchev–Trinajstić information content (AvgIpc) is 2.50. The van der Waals surface area contributed by atoms with Crippen LogP contribution in [-0.4, -0.2) is 50.1 Å². The van der Waals surface area contributed by atoms with E-state index in [0.29, 0.717) is 6.42 Å². The number of carbonyl (C=O) groups excluding carboxylic acids is 1. The van der Waals surface area contributed by atoms with Gasteiger partial charge in [-0.15, -0.1) is 12.4 Å². The van der Waals surface area contributed by atoms with Crippen LogP contribution in [-0.2, 0) is 11.2 Å². The van der Waals surface area contributed by atoms with Crippen LogP contribution in [0.4, 0.5) is 0 Å². The highest BCUT2D eigenvalue weighted by molar-refractivity contribution is 5.85. The van der Waals surface area contributed by atoms with Crippen molar-refractivity contribution < 1.29 is 4.79 Å². The number of hydrogen-bond acceptors (Lipinski definition) is 3. The first-order valence-corrected chi connectivity index (χ1v) is 7.99. The number of hydrogen-bond donors (Lipinski definition) is 2. The number of nitrogens with one attached hydrogen (secondary N) is 2. The van der Waals surface area contributed by atoms with E-state index in [2.05, 4.69) is 46.7 Å². The topological polar surface area (TPSA) is 44.4 Å². The zero-order chi connectivity index (χ0) is 14.9. The standard InChI is InChI=1S/C17H27N3O.ClH/c1-15-5-7-16(8-6-15)3-2-4-17(21)19-11-14-20-12-9-18-10-13-20;/h5-8,18H,2-4,9-14H2,1H3,(H,19,21);1H. The van der Waals surface area contributed by atoms with Crippen molar-refractivity contribution >= 4 is 18.3 Å². The molecule has 1 aromatic rings. The van der Waals surface area contributed by atoms with Crippen molar-refractivity contribution in [3.05, 3.63) is 35.4 Å². The van der Waals surface area contributed by atoms with E-state index in [4.69, 9.17) is 0 Å². The SMILES string of the molecule is Cc1ccc(CCCC(=O)NCCN2CCNCC2)cc1.Cl. The van der Waals surface area contributed by atoms with E-state index in [0.717, 1.165) is 52.1 Å². The summed E-state index contributed by atoms with van der Waals surface area (Å²) < 4.78 is 0. The highest BCUT2D eigenvalue weighted by Crippen LogP contribution is 2.07. The van der Waals surface area contributed by atoms with Gasteiger partial charge in [-0.3, -0.25) is 9.69 Å². The maximum absolute atomic E-state index is 11.8. The fourth-order valence-electron chi connectivity index (χ4n) is 2.58. The lowest BCUT2D eigenvalue weighted by atomic mass is 10.1. The summed E-state index contributed by atoms with van der Waals surface area (Å²) in [5.41, 5.74) is 2.60. The molecule has 1 aliphatic heterocycles. The molecule has 0 bridgehead atoms. The molecule has 22 heavy (non-hydrogen) atoms. The van der Waals surface area contributed by atoms with Crippen molar-refractivity contribution in [3.63, 3.8) is 0 Å². The van der Waals surface area contributed by atoms with Crippen LogP contribution in [0.2, 0.25) is 0 Å². The van der Waals surface area contributed by atoms with Gasteiger partial charge in [-0.25, -0.2) is 0 Å². The fraction of sp³-hybridized carbons (Fsp3) is 0.588. The second-order valence-corrected chi connectivity index (χ2v) is 5.78. The van der Waals surface area contributed by atoms with Crippen LogP contribution < -0.4 is 10.6 Å². The van der Waals surface area contributed by atoms with Crippen molar-refractivity contribution in [3.8, 4) is 0 Å². The summed E-state index contributed by atoms with van der Waals surface area (Å²) in [4.78, 5) is 14.2. The van der Waals surface area contributed by atoms with Crippen LogP contribution in [0.15, 0.2) is 24.3 Å². The average molecular weight is 326 g/mol. The molecule has 0 saturated carbocycles. The Kier molecular flexibility index (Phi) is 9.13. The molecule has 4 nitrogen and oxygen atoms in total. The molecule has 0 atom stereocenters.